The molecule has 0 aliphatic carbocycles. The molecule has 0 saturated heterocycles. The average molecular weight is 547 g/mol. The number of carbonyl (C=O) groups is 2. The highest BCUT2D eigenvalue weighted by molar-refractivity contribution is 7.13. The highest BCUT2D eigenvalue weighted by Crippen LogP contribution is 2.29. The normalized spacial score (nSPS) is 11.8. The van der Waals surface area contributed by atoms with Crippen LogP contribution in [0.4, 0.5) is 4.79 Å². The molecule has 0 saturated carbocycles. The minimum absolute atomic E-state index is 0.239. The van der Waals surface area contributed by atoms with Gasteiger partial charge in [-0.1, -0.05) is 12.1 Å². The maximum atomic E-state index is 12.2. The van der Waals surface area contributed by atoms with Crippen LogP contribution >= 0.6 is 11.3 Å². The van der Waals surface area contributed by atoms with E-state index in [1.165, 1.54) is 7.11 Å². The van der Waals surface area contributed by atoms with E-state index in [1.54, 1.807) is 50.4 Å². The van der Waals surface area contributed by atoms with Crippen molar-refractivity contribution in [3.8, 4) is 33.6 Å². The highest BCUT2D eigenvalue weighted by atomic mass is 32.1. The Kier molecular flexibility index (Phi) is 8.83. The first-order valence-corrected chi connectivity index (χ1v) is 13.2. The minimum atomic E-state index is -0.882. The molecule has 4 aromatic rings. The lowest BCUT2D eigenvalue weighted by Crippen LogP contribution is -2.45. The van der Waals surface area contributed by atoms with Gasteiger partial charge in [0.15, 0.2) is 0 Å². The van der Waals surface area contributed by atoms with Gasteiger partial charge >= 0.3 is 12.1 Å². The number of carbonyl (C=O) groups excluding carboxylic acids is 2. The molecule has 4 rings (SSSR count). The van der Waals surface area contributed by atoms with Gasteiger partial charge in [0, 0.05) is 23.6 Å². The Labute approximate surface area is 231 Å². The molecule has 0 aliphatic rings. The quantitative estimate of drug-likeness (QED) is 0.226. The van der Waals surface area contributed by atoms with Crippen molar-refractivity contribution in [3.63, 3.8) is 0 Å². The van der Waals surface area contributed by atoms with Crippen molar-refractivity contribution < 1.29 is 28.5 Å². The van der Waals surface area contributed by atoms with Gasteiger partial charge in [-0.2, -0.15) is 0 Å². The van der Waals surface area contributed by atoms with Gasteiger partial charge in [-0.05, 0) is 87.0 Å². The van der Waals surface area contributed by atoms with E-state index < -0.39 is 23.7 Å². The van der Waals surface area contributed by atoms with E-state index in [0.717, 1.165) is 21.9 Å². The minimum Gasteiger partial charge on any atom is -0.467 e. The molecule has 0 spiro atoms. The topological polar surface area (TPSA) is 96.0 Å². The van der Waals surface area contributed by atoms with Crippen LogP contribution < -0.4 is 14.8 Å². The van der Waals surface area contributed by atoms with Gasteiger partial charge < -0.3 is 24.3 Å². The van der Waals surface area contributed by atoms with Crippen LogP contribution in [-0.2, 0) is 20.7 Å². The lowest BCUT2D eigenvalue weighted by molar-refractivity contribution is -0.143. The standard InChI is InChI=1S/C30H30N2O6S/c1-30(2,3)38-29(34)32-26(28(33)35-4)19-20-5-9-22(10-6-20)36-24-13-15-25(16-14-24)37-23-11-7-21(8-12-23)27-31-17-18-39-27/h5-18,26H,19H2,1-4H3,(H,32,34)/t26-/m0/s1. The summed E-state index contributed by atoms with van der Waals surface area (Å²) in [5.41, 5.74) is 1.19. The number of hydrogen-bond donors (Lipinski definition) is 1. The molecule has 3 aromatic carbocycles. The number of benzene rings is 3. The largest absolute Gasteiger partial charge is 0.467 e. The Morgan fingerprint density at radius 2 is 1.36 bits per heavy atom. The van der Waals surface area contributed by atoms with Crippen LogP contribution in [0.3, 0.4) is 0 Å². The van der Waals surface area contributed by atoms with Gasteiger partial charge in [0.05, 0.1) is 7.11 Å². The summed E-state index contributed by atoms with van der Waals surface area (Å²) in [7, 11) is 1.28. The second kappa shape index (κ2) is 12.4. The zero-order valence-electron chi connectivity index (χ0n) is 22.2. The van der Waals surface area contributed by atoms with Crippen LogP contribution in [0.5, 0.6) is 23.0 Å². The fourth-order valence-corrected chi connectivity index (χ4v) is 4.24. The number of ether oxygens (including phenoxy) is 4. The number of aromatic nitrogens is 1. The van der Waals surface area contributed by atoms with E-state index in [4.69, 9.17) is 18.9 Å². The average Bonchev–Trinajstić information content (AvgIpc) is 3.44. The van der Waals surface area contributed by atoms with E-state index in [0.29, 0.717) is 17.2 Å². The fourth-order valence-electron chi connectivity index (χ4n) is 3.59. The first-order chi connectivity index (χ1) is 18.7. The molecular weight excluding hydrogens is 516 g/mol. The molecule has 8 nitrogen and oxygen atoms in total. The molecule has 9 heteroatoms. The second-order valence-electron chi connectivity index (χ2n) is 9.61. The lowest BCUT2D eigenvalue weighted by atomic mass is 10.1. The summed E-state index contributed by atoms with van der Waals surface area (Å²) in [4.78, 5) is 28.7. The molecule has 1 heterocycles. The third kappa shape index (κ3) is 8.31. The number of nitrogens with zero attached hydrogens (tertiary/aromatic N) is 1. The number of esters is 1. The Morgan fingerprint density at radius 3 is 1.82 bits per heavy atom. The first-order valence-electron chi connectivity index (χ1n) is 12.3. The summed E-state index contributed by atoms with van der Waals surface area (Å²) in [6.45, 7) is 5.26. The zero-order chi connectivity index (χ0) is 27.8. The lowest BCUT2D eigenvalue weighted by Gasteiger charge is -2.22. The number of alkyl carbamates (subject to hydrolysis) is 1. The molecule has 0 radical (unpaired) electrons. The van der Waals surface area contributed by atoms with Crippen molar-refractivity contribution in [2.75, 3.05) is 7.11 Å². The van der Waals surface area contributed by atoms with Crippen molar-refractivity contribution in [1.29, 1.82) is 0 Å². The van der Waals surface area contributed by atoms with Gasteiger partial charge in [-0.15, -0.1) is 11.3 Å². The van der Waals surface area contributed by atoms with Crippen molar-refractivity contribution in [2.45, 2.75) is 38.8 Å². The maximum Gasteiger partial charge on any atom is 0.408 e. The molecule has 0 aliphatic heterocycles. The summed E-state index contributed by atoms with van der Waals surface area (Å²) >= 11 is 1.59. The zero-order valence-corrected chi connectivity index (χ0v) is 23.0. The van der Waals surface area contributed by atoms with E-state index in [1.807, 2.05) is 66.0 Å². The highest BCUT2D eigenvalue weighted by Gasteiger charge is 2.25. The number of rotatable bonds is 9. The van der Waals surface area contributed by atoms with Crippen LogP contribution in [0.1, 0.15) is 26.3 Å². The van der Waals surface area contributed by atoms with Crippen LogP contribution in [0.25, 0.3) is 10.6 Å². The Balaban J connectivity index is 1.32. The first kappa shape index (κ1) is 27.7. The summed E-state index contributed by atoms with van der Waals surface area (Å²) in [6.07, 6.45) is 1.34. The van der Waals surface area contributed by atoms with E-state index >= 15 is 0 Å². The predicted octanol–water partition coefficient (Wildman–Crippen LogP) is 7.00. The molecule has 1 atom stereocenters. The third-order valence-electron chi connectivity index (χ3n) is 5.37. The third-order valence-corrected chi connectivity index (χ3v) is 6.19. The Morgan fingerprint density at radius 1 is 0.846 bits per heavy atom. The van der Waals surface area contributed by atoms with Crippen molar-refractivity contribution >= 4 is 23.4 Å². The van der Waals surface area contributed by atoms with Gasteiger partial charge in [0.1, 0.15) is 39.6 Å². The van der Waals surface area contributed by atoms with E-state index in [2.05, 4.69) is 10.3 Å². The van der Waals surface area contributed by atoms with Crippen LogP contribution in [0, 0.1) is 0 Å². The van der Waals surface area contributed by atoms with Crippen LogP contribution in [0.2, 0.25) is 0 Å². The molecule has 1 amide bonds. The van der Waals surface area contributed by atoms with Gasteiger partial charge in [0.2, 0.25) is 0 Å². The van der Waals surface area contributed by atoms with Crippen molar-refractivity contribution in [3.05, 3.63) is 89.9 Å². The van der Waals surface area contributed by atoms with Gasteiger partial charge in [0.25, 0.3) is 0 Å². The SMILES string of the molecule is COC(=O)[C@H](Cc1ccc(Oc2ccc(Oc3ccc(-c4nccs4)cc3)cc2)cc1)NC(=O)OC(C)(C)C. The predicted molar refractivity (Wildman–Crippen MR) is 149 cm³/mol. The fraction of sp³-hybridized carbons (Fsp3) is 0.233. The number of thiazole rings is 1. The Bertz CT molecular complexity index is 1360. The van der Waals surface area contributed by atoms with Gasteiger partial charge in [-0.25, -0.2) is 14.6 Å². The summed E-state index contributed by atoms with van der Waals surface area (Å²) in [6, 6.07) is 21.5. The molecule has 1 N–H and O–H groups in total. The number of methoxy groups -OCH3 is 1. The van der Waals surface area contributed by atoms with E-state index in [-0.39, 0.29) is 6.42 Å². The number of nitrogens with one attached hydrogen (secondary N) is 1. The Hall–Kier alpha value is -4.37. The summed E-state index contributed by atoms with van der Waals surface area (Å²) < 4.78 is 22.0. The number of amides is 1. The molecule has 202 valence electrons. The molecular formula is C30H30N2O6S. The molecule has 39 heavy (non-hydrogen) atoms. The summed E-state index contributed by atoms with van der Waals surface area (Å²) in [5.74, 6) is 2.13. The summed E-state index contributed by atoms with van der Waals surface area (Å²) in [5, 5.41) is 5.50. The van der Waals surface area contributed by atoms with Crippen molar-refractivity contribution in [1.82, 2.24) is 10.3 Å². The molecule has 1 aromatic heterocycles. The van der Waals surface area contributed by atoms with Crippen molar-refractivity contribution in [2.24, 2.45) is 0 Å². The number of hydrogen-bond acceptors (Lipinski definition) is 8. The maximum absolute atomic E-state index is 12.2. The van der Waals surface area contributed by atoms with E-state index in [9.17, 15) is 9.59 Å². The second-order valence-corrected chi connectivity index (χ2v) is 10.5. The molecule has 0 fully saturated rings. The smallest absolute Gasteiger partial charge is 0.408 e. The van der Waals surface area contributed by atoms with Crippen LogP contribution in [0.15, 0.2) is 84.4 Å². The van der Waals surface area contributed by atoms with Crippen LogP contribution in [-0.4, -0.2) is 35.8 Å². The van der Waals surface area contributed by atoms with Gasteiger partial charge in [-0.3, -0.25) is 0 Å². The monoisotopic (exact) mass is 546 g/mol. The molecule has 0 bridgehead atoms. The molecule has 0 unspecified atom stereocenters.